The highest BCUT2D eigenvalue weighted by molar-refractivity contribution is 5.78. The molecule has 7 heteroatoms. The number of amides is 1. The maximum Gasteiger partial charge on any atom is 0.264 e. The summed E-state index contributed by atoms with van der Waals surface area (Å²) in [5, 5.41) is 7.78. The molecule has 1 N–H and O–H groups in total. The third-order valence-electron chi connectivity index (χ3n) is 5.39. The molecule has 1 aliphatic carbocycles. The quantitative estimate of drug-likeness (QED) is 0.769. The minimum atomic E-state index is -0.252. The minimum absolute atomic E-state index is 0.0209. The lowest BCUT2D eigenvalue weighted by Gasteiger charge is -2.13. The Balaban J connectivity index is 1.64. The molecule has 0 unspecified atom stereocenters. The lowest BCUT2D eigenvalue weighted by molar-refractivity contribution is -0.122. The average molecular weight is 365 g/mol. The standard InChI is InChI=1S/C20H23N5O2/c1-13-6-5-9-17(14(13)2)25-19-16(10-22-25)20(27)24(12-21-19)11-18(26)23-15-7-3-4-8-15/h5-6,9-10,12,15H,3-4,7-8,11H2,1-2H3,(H,23,26). The van der Waals surface area contributed by atoms with E-state index in [1.165, 1.54) is 17.1 Å². The number of carbonyl (C=O) groups excluding carboxylic acids is 1. The van der Waals surface area contributed by atoms with Crippen LogP contribution < -0.4 is 10.9 Å². The van der Waals surface area contributed by atoms with E-state index in [4.69, 9.17) is 0 Å². The molecule has 2 heterocycles. The van der Waals surface area contributed by atoms with Crippen LogP contribution in [0.2, 0.25) is 0 Å². The number of fused-ring (bicyclic) bond motifs is 1. The molecule has 27 heavy (non-hydrogen) atoms. The number of nitrogens with one attached hydrogen (secondary N) is 1. The van der Waals surface area contributed by atoms with E-state index in [1.54, 1.807) is 4.68 Å². The molecule has 0 bridgehead atoms. The smallest absolute Gasteiger partial charge is 0.264 e. The van der Waals surface area contributed by atoms with Crippen LogP contribution >= 0.6 is 0 Å². The summed E-state index contributed by atoms with van der Waals surface area (Å²) in [7, 11) is 0. The van der Waals surface area contributed by atoms with E-state index >= 15 is 0 Å². The molecule has 7 nitrogen and oxygen atoms in total. The summed E-state index contributed by atoms with van der Waals surface area (Å²) in [6.07, 6.45) is 7.28. The van der Waals surface area contributed by atoms with Crippen molar-refractivity contribution < 1.29 is 4.79 Å². The van der Waals surface area contributed by atoms with Gasteiger partial charge >= 0.3 is 0 Å². The number of benzene rings is 1. The van der Waals surface area contributed by atoms with Crippen LogP contribution in [0.15, 0.2) is 35.5 Å². The van der Waals surface area contributed by atoms with Crippen LogP contribution in [0, 0.1) is 13.8 Å². The molecule has 0 radical (unpaired) electrons. The summed E-state index contributed by atoms with van der Waals surface area (Å²) < 4.78 is 3.03. The fourth-order valence-corrected chi connectivity index (χ4v) is 3.70. The van der Waals surface area contributed by atoms with Crippen LogP contribution in [0.25, 0.3) is 16.7 Å². The summed E-state index contributed by atoms with van der Waals surface area (Å²) in [5.41, 5.74) is 3.38. The molecule has 0 saturated heterocycles. The first kappa shape index (κ1) is 17.5. The van der Waals surface area contributed by atoms with Gasteiger partial charge in [-0.3, -0.25) is 14.2 Å². The van der Waals surface area contributed by atoms with Crippen molar-refractivity contribution in [3.63, 3.8) is 0 Å². The van der Waals surface area contributed by atoms with Crippen molar-refractivity contribution in [1.29, 1.82) is 0 Å². The topological polar surface area (TPSA) is 81.8 Å². The van der Waals surface area contributed by atoms with E-state index in [1.807, 2.05) is 32.0 Å². The Morgan fingerprint density at radius 3 is 2.81 bits per heavy atom. The number of hydrogen-bond donors (Lipinski definition) is 1. The number of hydrogen-bond acceptors (Lipinski definition) is 4. The first-order valence-electron chi connectivity index (χ1n) is 9.33. The number of rotatable bonds is 4. The van der Waals surface area contributed by atoms with Gasteiger partial charge in [-0.1, -0.05) is 25.0 Å². The Morgan fingerprint density at radius 1 is 1.26 bits per heavy atom. The van der Waals surface area contributed by atoms with E-state index in [2.05, 4.69) is 15.4 Å². The van der Waals surface area contributed by atoms with Gasteiger partial charge in [-0.05, 0) is 43.9 Å². The van der Waals surface area contributed by atoms with Crippen LogP contribution in [0.1, 0.15) is 36.8 Å². The molecule has 140 valence electrons. The fourth-order valence-electron chi connectivity index (χ4n) is 3.70. The molecule has 0 aliphatic heterocycles. The maximum atomic E-state index is 12.8. The number of carbonyl (C=O) groups is 1. The van der Waals surface area contributed by atoms with Crippen molar-refractivity contribution >= 4 is 16.9 Å². The van der Waals surface area contributed by atoms with Crippen LogP contribution in [0.4, 0.5) is 0 Å². The monoisotopic (exact) mass is 365 g/mol. The van der Waals surface area contributed by atoms with Gasteiger partial charge in [-0.15, -0.1) is 0 Å². The zero-order chi connectivity index (χ0) is 19.0. The third-order valence-corrected chi connectivity index (χ3v) is 5.39. The van der Waals surface area contributed by atoms with Crippen LogP contribution in [0.5, 0.6) is 0 Å². The summed E-state index contributed by atoms with van der Waals surface area (Å²) in [4.78, 5) is 29.5. The normalized spacial score (nSPS) is 14.7. The van der Waals surface area contributed by atoms with E-state index in [-0.39, 0.29) is 24.1 Å². The SMILES string of the molecule is Cc1cccc(-n2ncc3c(=O)n(CC(=O)NC4CCCC4)cnc32)c1C. The predicted molar refractivity (Wildman–Crippen MR) is 103 cm³/mol. The first-order chi connectivity index (χ1) is 13.0. The molecule has 4 rings (SSSR count). The molecule has 0 atom stereocenters. The van der Waals surface area contributed by atoms with Crippen molar-refractivity contribution in [1.82, 2.24) is 24.6 Å². The van der Waals surface area contributed by atoms with Crippen molar-refractivity contribution in [2.24, 2.45) is 0 Å². The van der Waals surface area contributed by atoms with Crippen molar-refractivity contribution in [2.45, 2.75) is 52.1 Å². The molecule has 0 spiro atoms. The van der Waals surface area contributed by atoms with Crippen LogP contribution in [-0.4, -0.2) is 31.3 Å². The molecular weight excluding hydrogens is 342 g/mol. The van der Waals surface area contributed by atoms with E-state index in [9.17, 15) is 9.59 Å². The van der Waals surface area contributed by atoms with Gasteiger partial charge in [0, 0.05) is 6.04 Å². The Kier molecular flexibility index (Phi) is 4.51. The lowest BCUT2D eigenvalue weighted by atomic mass is 10.1. The van der Waals surface area contributed by atoms with E-state index in [0.29, 0.717) is 11.0 Å². The highest BCUT2D eigenvalue weighted by Gasteiger charge is 2.18. The van der Waals surface area contributed by atoms with Gasteiger partial charge in [0.2, 0.25) is 5.91 Å². The largest absolute Gasteiger partial charge is 0.352 e. The van der Waals surface area contributed by atoms with Gasteiger partial charge in [0.1, 0.15) is 18.3 Å². The summed E-state index contributed by atoms with van der Waals surface area (Å²) in [6.45, 7) is 4.04. The van der Waals surface area contributed by atoms with Gasteiger partial charge in [-0.25, -0.2) is 9.67 Å². The zero-order valence-electron chi connectivity index (χ0n) is 15.6. The summed E-state index contributed by atoms with van der Waals surface area (Å²) in [5.74, 6) is -0.146. The molecule has 1 amide bonds. The lowest BCUT2D eigenvalue weighted by Crippen LogP contribution is -2.37. The molecule has 1 aromatic carbocycles. The molecule has 1 fully saturated rings. The second kappa shape index (κ2) is 6.98. The fraction of sp³-hybridized carbons (Fsp3) is 0.400. The highest BCUT2D eigenvalue weighted by Crippen LogP contribution is 2.20. The van der Waals surface area contributed by atoms with Crippen molar-refractivity contribution in [3.8, 4) is 5.69 Å². The van der Waals surface area contributed by atoms with Crippen LogP contribution in [0.3, 0.4) is 0 Å². The number of aromatic nitrogens is 4. The van der Waals surface area contributed by atoms with Crippen molar-refractivity contribution in [2.75, 3.05) is 0 Å². The average Bonchev–Trinajstić information content (AvgIpc) is 3.30. The second-order valence-electron chi connectivity index (χ2n) is 7.24. The Labute approximate surface area is 157 Å². The molecule has 3 aromatic rings. The maximum absolute atomic E-state index is 12.8. The van der Waals surface area contributed by atoms with E-state index < -0.39 is 0 Å². The summed E-state index contributed by atoms with van der Waals surface area (Å²) in [6, 6.07) is 6.18. The first-order valence-corrected chi connectivity index (χ1v) is 9.33. The second-order valence-corrected chi connectivity index (χ2v) is 7.24. The van der Waals surface area contributed by atoms with Gasteiger partial charge < -0.3 is 5.32 Å². The zero-order valence-corrected chi connectivity index (χ0v) is 15.6. The predicted octanol–water partition coefficient (Wildman–Crippen LogP) is 2.26. The third kappa shape index (κ3) is 3.25. The minimum Gasteiger partial charge on any atom is -0.352 e. The number of aryl methyl sites for hydroxylation is 1. The van der Waals surface area contributed by atoms with Crippen molar-refractivity contribution in [3.05, 3.63) is 52.2 Å². The van der Waals surface area contributed by atoms with Crippen LogP contribution in [-0.2, 0) is 11.3 Å². The van der Waals surface area contributed by atoms with Gasteiger partial charge in [0.25, 0.3) is 5.56 Å². The van der Waals surface area contributed by atoms with Gasteiger partial charge in [0.15, 0.2) is 5.65 Å². The molecular formula is C20H23N5O2. The Morgan fingerprint density at radius 2 is 2.04 bits per heavy atom. The van der Waals surface area contributed by atoms with E-state index in [0.717, 1.165) is 42.5 Å². The molecule has 1 saturated carbocycles. The molecule has 1 aliphatic rings. The molecule has 2 aromatic heterocycles. The van der Waals surface area contributed by atoms with Gasteiger partial charge in [-0.2, -0.15) is 5.10 Å². The highest BCUT2D eigenvalue weighted by atomic mass is 16.2. The summed E-state index contributed by atoms with van der Waals surface area (Å²) >= 11 is 0. The van der Waals surface area contributed by atoms with Gasteiger partial charge in [0.05, 0.1) is 11.9 Å². The number of nitrogens with zero attached hydrogens (tertiary/aromatic N) is 4. The Hall–Kier alpha value is -2.96. The Bertz CT molecular complexity index is 1060.